The minimum atomic E-state index is -0.388. The molecule has 182 valence electrons. The van der Waals surface area contributed by atoms with Gasteiger partial charge < -0.3 is 9.88 Å². The van der Waals surface area contributed by atoms with E-state index in [-0.39, 0.29) is 16.5 Å². The smallest absolute Gasteiger partial charge is 0.271 e. The van der Waals surface area contributed by atoms with E-state index >= 15 is 0 Å². The lowest BCUT2D eigenvalue weighted by Gasteiger charge is -2.12. The van der Waals surface area contributed by atoms with Crippen molar-refractivity contribution in [2.45, 2.75) is 39.5 Å². The van der Waals surface area contributed by atoms with Crippen molar-refractivity contribution in [3.63, 3.8) is 0 Å². The van der Waals surface area contributed by atoms with Gasteiger partial charge in [0.25, 0.3) is 11.6 Å². The van der Waals surface area contributed by atoms with Crippen molar-refractivity contribution in [2.75, 3.05) is 5.32 Å². The maximum absolute atomic E-state index is 13.3. The third-order valence-electron chi connectivity index (χ3n) is 6.50. The molecule has 0 aliphatic heterocycles. The number of non-ortho nitro benzene ring substituents is 1. The van der Waals surface area contributed by atoms with Crippen LogP contribution in [0.15, 0.2) is 65.7 Å². The van der Waals surface area contributed by atoms with Gasteiger partial charge in [-0.15, -0.1) is 11.3 Å². The molecule has 1 amide bonds. The van der Waals surface area contributed by atoms with Crippen LogP contribution in [0.1, 0.15) is 50.6 Å². The Hall–Kier alpha value is -4.04. The molecule has 5 rings (SSSR count). The normalized spacial score (nSPS) is 13.1. The first-order chi connectivity index (χ1) is 17.4. The van der Waals surface area contributed by atoms with Crippen molar-refractivity contribution in [3.8, 4) is 5.69 Å². The third-order valence-corrected chi connectivity index (χ3v) is 7.70. The van der Waals surface area contributed by atoms with Gasteiger partial charge in [-0.05, 0) is 69.4 Å². The predicted molar refractivity (Wildman–Crippen MR) is 145 cm³/mol. The summed E-state index contributed by atoms with van der Waals surface area (Å²) >= 11 is 1.60. The number of aliphatic imine (C=N–C) groups is 1. The molecular weight excluding hydrogens is 472 g/mol. The summed E-state index contributed by atoms with van der Waals surface area (Å²) < 4.78 is 1.98. The number of thiophene rings is 1. The van der Waals surface area contributed by atoms with Gasteiger partial charge in [-0.25, -0.2) is 4.99 Å². The number of anilines is 1. The van der Waals surface area contributed by atoms with Gasteiger partial charge in [0.1, 0.15) is 5.00 Å². The fraction of sp³-hybridized carbons (Fsp3) is 0.214. The zero-order valence-electron chi connectivity index (χ0n) is 20.2. The molecule has 0 saturated heterocycles. The van der Waals surface area contributed by atoms with Crippen LogP contribution in [0.5, 0.6) is 0 Å². The molecule has 8 heteroatoms. The zero-order valence-corrected chi connectivity index (χ0v) is 21.0. The van der Waals surface area contributed by atoms with Crippen molar-refractivity contribution >= 4 is 39.8 Å². The highest BCUT2D eigenvalue weighted by Crippen LogP contribution is 2.40. The van der Waals surface area contributed by atoms with E-state index in [9.17, 15) is 14.9 Å². The summed E-state index contributed by atoms with van der Waals surface area (Å²) in [6.45, 7) is 3.93. The Morgan fingerprint density at radius 1 is 1.08 bits per heavy atom. The van der Waals surface area contributed by atoms with Gasteiger partial charge in [-0.1, -0.05) is 24.3 Å². The van der Waals surface area contributed by atoms with Crippen LogP contribution in [0.2, 0.25) is 0 Å². The van der Waals surface area contributed by atoms with Gasteiger partial charge >= 0.3 is 0 Å². The Kier molecular flexibility index (Phi) is 6.52. The Balaban J connectivity index is 1.50. The van der Waals surface area contributed by atoms with E-state index in [0.717, 1.165) is 64.6 Å². The lowest BCUT2D eigenvalue weighted by molar-refractivity contribution is -0.384. The molecule has 0 fully saturated rings. The summed E-state index contributed by atoms with van der Waals surface area (Å²) in [6.07, 6.45) is 5.86. The van der Waals surface area contributed by atoms with E-state index in [2.05, 4.69) is 5.32 Å². The fourth-order valence-electron chi connectivity index (χ4n) is 4.78. The van der Waals surface area contributed by atoms with E-state index < -0.39 is 0 Å². The molecule has 1 aliphatic carbocycles. The first-order valence-corrected chi connectivity index (χ1v) is 12.7. The molecule has 0 atom stereocenters. The molecule has 36 heavy (non-hydrogen) atoms. The molecule has 0 saturated carbocycles. The van der Waals surface area contributed by atoms with E-state index in [1.807, 2.05) is 60.9 Å². The summed E-state index contributed by atoms with van der Waals surface area (Å²) in [5, 5.41) is 15.0. The third kappa shape index (κ3) is 4.59. The number of nitrogens with zero attached hydrogens (tertiary/aromatic N) is 3. The average molecular weight is 499 g/mol. The van der Waals surface area contributed by atoms with E-state index in [1.54, 1.807) is 29.7 Å². The number of amides is 1. The molecule has 4 aromatic rings. The Morgan fingerprint density at radius 2 is 1.86 bits per heavy atom. The molecule has 0 radical (unpaired) electrons. The molecule has 7 nitrogen and oxygen atoms in total. The van der Waals surface area contributed by atoms with E-state index in [1.165, 1.54) is 10.9 Å². The van der Waals surface area contributed by atoms with Crippen molar-refractivity contribution in [1.29, 1.82) is 0 Å². The van der Waals surface area contributed by atoms with Gasteiger partial charge in [0.15, 0.2) is 0 Å². The first kappa shape index (κ1) is 23.7. The first-order valence-electron chi connectivity index (χ1n) is 11.9. The Labute approximate surface area is 213 Å². The van der Waals surface area contributed by atoms with Gasteiger partial charge in [-0.2, -0.15) is 0 Å². The number of benzene rings is 2. The largest absolute Gasteiger partial charge is 0.322 e. The highest BCUT2D eigenvalue weighted by molar-refractivity contribution is 7.16. The summed E-state index contributed by atoms with van der Waals surface area (Å²) in [5.74, 6) is -0.130. The highest BCUT2D eigenvalue weighted by Gasteiger charge is 2.25. The van der Waals surface area contributed by atoms with Gasteiger partial charge in [0.05, 0.1) is 16.2 Å². The quantitative estimate of drug-likeness (QED) is 0.177. The second-order valence-corrected chi connectivity index (χ2v) is 9.99. The molecule has 2 heterocycles. The molecule has 1 N–H and O–H groups in total. The minimum Gasteiger partial charge on any atom is -0.322 e. The molecule has 2 aromatic carbocycles. The Morgan fingerprint density at radius 3 is 2.64 bits per heavy atom. The number of nitro groups is 1. The van der Waals surface area contributed by atoms with Gasteiger partial charge in [-0.3, -0.25) is 14.9 Å². The van der Waals surface area contributed by atoms with E-state index in [0.29, 0.717) is 5.56 Å². The number of hydrogen-bond acceptors (Lipinski definition) is 5. The monoisotopic (exact) mass is 498 g/mol. The number of nitrogens with one attached hydrogen (secondary N) is 1. The lowest BCUT2D eigenvalue weighted by Crippen LogP contribution is -2.14. The SMILES string of the molecule is Cc1cc(C=Nc2sc3c(c2C(=O)Nc2ccccc2)CCCC3)c(C)n1-c1cccc([N+](=O)[O-])c1. The van der Waals surface area contributed by atoms with Crippen LogP contribution >= 0.6 is 11.3 Å². The number of fused-ring (bicyclic) bond motifs is 1. The van der Waals surface area contributed by atoms with Crippen LogP contribution in [0.3, 0.4) is 0 Å². The van der Waals surface area contributed by atoms with Crippen LogP contribution in [-0.4, -0.2) is 21.6 Å². The maximum atomic E-state index is 13.3. The number of aryl methyl sites for hydroxylation is 2. The van der Waals surface area contributed by atoms with Crippen LogP contribution in [-0.2, 0) is 12.8 Å². The lowest BCUT2D eigenvalue weighted by atomic mass is 9.95. The van der Waals surface area contributed by atoms with Crippen molar-refractivity contribution in [2.24, 2.45) is 4.99 Å². The number of aromatic nitrogens is 1. The number of carbonyl (C=O) groups is 1. The van der Waals surface area contributed by atoms with Crippen LogP contribution < -0.4 is 5.32 Å². The number of para-hydroxylation sites is 1. The number of hydrogen-bond donors (Lipinski definition) is 1. The van der Waals surface area contributed by atoms with Crippen molar-refractivity contribution in [3.05, 3.63) is 104 Å². The topological polar surface area (TPSA) is 89.5 Å². The molecule has 2 aromatic heterocycles. The standard InChI is InChI=1S/C28H26N4O3S/c1-18-15-20(19(2)31(18)22-11-8-12-23(16-22)32(34)35)17-29-28-26(24-13-6-7-14-25(24)36-28)27(33)30-21-9-4-3-5-10-21/h3-5,8-12,15-17H,6-7,13-14H2,1-2H3,(H,30,33). The van der Waals surface area contributed by atoms with Crippen molar-refractivity contribution in [1.82, 2.24) is 4.57 Å². The zero-order chi connectivity index (χ0) is 25.2. The molecule has 0 unspecified atom stereocenters. The fourth-order valence-corrected chi connectivity index (χ4v) is 6.01. The second-order valence-electron chi connectivity index (χ2n) is 8.91. The van der Waals surface area contributed by atoms with Gasteiger partial charge in [0, 0.05) is 45.9 Å². The predicted octanol–water partition coefficient (Wildman–Crippen LogP) is 6.95. The molecule has 0 bridgehead atoms. The van der Waals surface area contributed by atoms with Crippen LogP contribution in [0.4, 0.5) is 16.4 Å². The maximum Gasteiger partial charge on any atom is 0.271 e. The average Bonchev–Trinajstić information content (AvgIpc) is 3.39. The highest BCUT2D eigenvalue weighted by atomic mass is 32.1. The van der Waals surface area contributed by atoms with E-state index in [4.69, 9.17) is 4.99 Å². The summed E-state index contributed by atoms with van der Waals surface area (Å²) in [7, 11) is 0. The second kappa shape index (κ2) is 9.91. The summed E-state index contributed by atoms with van der Waals surface area (Å²) in [5.41, 5.74) is 6.10. The summed E-state index contributed by atoms with van der Waals surface area (Å²) in [6, 6.07) is 18.1. The Bertz CT molecular complexity index is 1480. The minimum absolute atomic E-state index is 0.0495. The van der Waals surface area contributed by atoms with Gasteiger partial charge in [0.2, 0.25) is 0 Å². The van der Waals surface area contributed by atoms with Crippen LogP contribution in [0.25, 0.3) is 5.69 Å². The number of carbonyl (C=O) groups excluding carboxylic acids is 1. The summed E-state index contributed by atoms with van der Waals surface area (Å²) in [4.78, 5) is 30.3. The van der Waals surface area contributed by atoms with Crippen LogP contribution in [0, 0.1) is 24.0 Å². The molecular formula is C28H26N4O3S. The molecule has 1 aliphatic rings. The molecule has 0 spiro atoms. The number of nitro benzene ring substituents is 1. The van der Waals surface area contributed by atoms with Crippen molar-refractivity contribution < 1.29 is 9.72 Å². The number of rotatable bonds is 6.